The Hall–Kier alpha value is -3.96. The lowest BCUT2D eigenvalue weighted by molar-refractivity contribution is 0.573. The van der Waals surface area contributed by atoms with Crippen LogP contribution in [0.5, 0.6) is 0 Å². The number of aryl methyl sites for hydroxylation is 1. The Labute approximate surface area is 189 Å². The second kappa shape index (κ2) is 8.29. The maximum absolute atomic E-state index is 13.2. The van der Waals surface area contributed by atoms with Gasteiger partial charge in [-0.15, -0.1) is 0 Å². The van der Waals surface area contributed by atoms with Crippen LogP contribution in [0.2, 0.25) is 5.02 Å². The molecule has 0 radical (unpaired) electrons. The molecule has 5 nitrogen and oxygen atoms in total. The van der Waals surface area contributed by atoms with E-state index in [0.29, 0.717) is 33.3 Å². The predicted molar refractivity (Wildman–Crippen MR) is 128 cm³/mol. The first kappa shape index (κ1) is 20.0. The summed E-state index contributed by atoms with van der Waals surface area (Å²) in [6, 6.07) is 26.1. The van der Waals surface area contributed by atoms with Gasteiger partial charge in [-0.25, -0.2) is 4.98 Å². The number of para-hydroxylation sites is 1. The fourth-order valence-electron chi connectivity index (χ4n) is 3.55. The first-order chi connectivity index (χ1) is 15.6. The van der Waals surface area contributed by atoms with Crippen molar-refractivity contribution in [2.45, 2.75) is 6.92 Å². The molecule has 5 rings (SSSR count). The average Bonchev–Trinajstić information content (AvgIpc) is 3.29. The molecule has 6 heteroatoms. The molecule has 5 aromatic rings. The minimum atomic E-state index is -0.247. The smallest absolute Gasteiger partial charge is 0.282 e. The highest BCUT2D eigenvalue weighted by atomic mass is 35.5. The zero-order valence-corrected chi connectivity index (χ0v) is 18.0. The molecule has 0 saturated carbocycles. The molecule has 0 aliphatic heterocycles. The minimum absolute atomic E-state index is 0.247. The normalized spacial score (nSPS) is 11.4. The van der Waals surface area contributed by atoms with Gasteiger partial charge in [-0.3, -0.25) is 4.79 Å². The SMILES string of the molecule is Cc1ccc(Cl)cc1-c1ccc(C=Nn2c(-c3ccccc3)nc3ccccc3c2=O)o1. The topological polar surface area (TPSA) is 60.4 Å². The van der Waals surface area contributed by atoms with Gasteiger partial charge < -0.3 is 4.42 Å². The highest BCUT2D eigenvalue weighted by Gasteiger charge is 2.13. The first-order valence-corrected chi connectivity index (χ1v) is 10.5. The molecule has 0 aliphatic carbocycles. The van der Waals surface area contributed by atoms with Crippen molar-refractivity contribution in [3.05, 3.63) is 112 Å². The monoisotopic (exact) mass is 439 g/mol. The van der Waals surface area contributed by atoms with Gasteiger partial charge in [0.05, 0.1) is 17.1 Å². The van der Waals surface area contributed by atoms with Crippen LogP contribution in [0.4, 0.5) is 0 Å². The number of furan rings is 1. The molecular formula is C26H18ClN3O2. The maximum Gasteiger partial charge on any atom is 0.282 e. The number of rotatable bonds is 4. The van der Waals surface area contributed by atoms with E-state index in [0.717, 1.165) is 16.7 Å². The second-order valence-corrected chi connectivity index (χ2v) is 7.78. The van der Waals surface area contributed by atoms with Gasteiger partial charge in [-0.05, 0) is 48.9 Å². The maximum atomic E-state index is 13.2. The minimum Gasteiger partial charge on any atom is -0.455 e. The van der Waals surface area contributed by atoms with Gasteiger partial charge in [-0.1, -0.05) is 60.1 Å². The largest absolute Gasteiger partial charge is 0.455 e. The van der Waals surface area contributed by atoms with E-state index in [-0.39, 0.29) is 5.56 Å². The molecule has 0 saturated heterocycles. The molecule has 32 heavy (non-hydrogen) atoms. The van der Waals surface area contributed by atoms with E-state index >= 15 is 0 Å². The summed E-state index contributed by atoms with van der Waals surface area (Å²) in [5.41, 5.74) is 3.13. The standard InChI is InChI=1S/C26H18ClN3O2/c1-17-11-12-19(27)15-22(17)24-14-13-20(32-24)16-28-30-25(18-7-3-2-4-8-18)29-23-10-6-5-9-21(23)26(30)31/h2-16H,1H3. The van der Waals surface area contributed by atoms with E-state index in [1.54, 1.807) is 12.1 Å². The number of halogens is 1. The Morgan fingerprint density at radius 2 is 1.75 bits per heavy atom. The zero-order valence-electron chi connectivity index (χ0n) is 17.2. The molecule has 0 bridgehead atoms. The summed E-state index contributed by atoms with van der Waals surface area (Å²) in [6.07, 6.45) is 1.52. The molecule has 156 valence electrons. The molecule has 0 unspecified atom stereocenters. The third kappa shape index (κ3) is 3.74. The number of nitrogens with zero attached hydrogens (tertiary/aromatic N) is 3. The highest BCUT2D eigenvalue weighted by Crippen LogP contribution is 2.28. The van der Waals surface area contributed by atoms with Crippen LogP contribution >= 0.6 is 11.6 Å². The van der Waals surface area contributed by atoms with E-state index in [1.807, 2.05) is 79.7 Å². The van der Waals surface area contributed by atoms with Crippen molar-refractivity contribution in [3.8, 4) is 22.7 Å². The lowest BCUT2D eigenvalue weighted by atomic mass is 10.1. The molecule has 0 spiro atoms. The quantitative estimate of drug-likeness (QED) is 0.315. The fraction of sp³-hybridized carbons (Fsp3) is 0.0385. The van der Waals surface area contributed by atoms with Crippen LogP contribution < -0.4 is 5.56 Å². The Morgan fingerprint density at radius 3 is 2.59 bits per heavy atom. The molecule has 2 aromatic heterocycles. The van der Waals surface area contributed by atoms with E-state index in [9.17, 15) is 4.79 Å². The van der Waals surface area contributed by atoms with Gasteiger partial charge in [0.15, 0.2) is 5.82 Å². The molecule has 0 amide bonds. The molecule has 2 heterocycles. The van der Waals surface area contributed by atoms with Crippen LogP contribution in [-0.4, -0.2) is 15.9 Å². The zero-order chi connectivity index (χ0) is 22.1. The Morgan fingerprint density at radius 1 is 0.969 bits per heavy atom. The lowest BCUT2D eigenvalue weighted by Gasteiger charge is -2.09. The summed E-state index contributed by atoms with van der Waals surface area (Å²) < 4.78 is 7.27. The summed E-state index contributed by atoms with van der Waals surface area (Å²) in [5.74, 6) is 1.65. The van der Waals surface area contributed by atoms with Crippen LogP contribution in [0, 0.1) is 6.92 Å². The van der Waals surface area contributed by atoms with Gasteiger partial charge in [0, 0.05) is 16.1 Å². The first-order valence-electron chi connectivity index (χ1n) is 10.1. The molecule has 0 atom stereocenters. The van der Waals surface area contributed by atoms with Crippen molar-refractivity contribution in [1.82, 2.24) is 9.66 Å². The predicted octanol–water partition coefficient (Wildman–Crippen LogP) is 6.17. The van der Waals surface area contributed by atoms with Crippen LogP contribution in [0.15, 0.2) is 99.2 Å². The van der Waals surface area contributed by atoms with Crippen LogP contribution in [0.25, 0.3) is 33.6 Å². The van der Waals surface area contributed by atoms with Gasteiger partial charge in [-0.2, -0.15) is 9.78 Å². The summed E-state index contributed by atoms with van der Waals surface area (Å²) in [7, 11) is 0. The van der Waals surface area contributed by atoms with E-state index in [1.165, 1.54) is 10.9 Å². The Bertz CT molecular complexity index is 1520. The summed E-state index contributed by atoms with van der Waals surface area (Å²) in [4.78, 5) is 17.9. The Kier molecular flexibility index (Phi) is 5.17. The molecule has 0 fully saturated rings. The lowest BCUT2D eigenvalue weighted by Crippen LogP contribution is -2.20. The van der Waals surface area contributed by atoms with Crippen LogP contribution in [-0.2, 0) is 0 Å². The van der Waals surface area contributed by atoms with Gasteiger partial charge in [0.25, 0.3) is 5.56 Å². The highest BCUT2D eigenvalue weighted by molar-refractivity contribution is 6.30. The molecular weight excluding hydrogens is 422 g/mol. The van der Waals surface area contributed by atoms with Crippen molar-refractivity contribution in [3.63, 3.8) is 0 Å². The van der Waals surface area contributed by atoms with Gasteiger partial charge in [0.2, 0.25) is 0 Å². The number of hydrogen-bond acceptors (Lipinski definition) is 4. The van der Waals surface area contributed by atoms with Gasteiger partial charge in [0.1, 0.15) is 11.5 Å². The average molecular weight is 440 g/mol. The number of benzene rings is 3. The second-order valence-electron chi connectivity index (χ2n) is 7.34. The Balaban J connectivity index is 1.60. The van der Waals surface area contributed by atoms with Crippen molar-refractivity contribution in [2.75, 3.05) is 0 Å². The van der Waals surface area contributed by atoms with Crippen LogP contribution in [0.1, 0.15) is 11.3 Å². The fourth-order valence-corrected chi connectivity index (χ4v) is 3.72. The summed E-state index contributed by atoms with van der Waals surface area (Å²) in [6.45, 7) is 1.99. The molecule has 3 aromatic carbocycles. The van der Waals surface area contributed by atoms with Gasteiger partial charge >= 0.3 is 0 Å². The van der Waals surface area contributed by atoms with E-state index in [4.69, 9.17) is 21.0 Å². The molecule has 0 aliphatic rings. The van der Waals surface area contributed by atoms with Crippen molar-refractivity contribution in [1.29, 1.82) is 0 Å². The third-order valence-electron chi connectivity index (χ3n) is 5.18. The van der Waals surface area contributed by atoms with Crippen molar-refractivity contribution >= 4 is 28.7 Å². The molecule has 0 N–H and O–H groups in total. The summed E-state index contributed by atoms with van der Waals surface area (Å²) in [5, 5.41) is 5.58. The van der Waals surface area contributed by atoms with E-state index in [2.05, 4.69) is 5.10 Å². The summed E-state index contributed by atoms with van der Waals surface area (Å²) >= 11 is 6.14. The number of hydrogen-bond donors (Lipinski definition) is 0. The van der Waals surface area contributed by atoms with Crippen molar-refractivity contribution in [2.24, 2.45) is 5.10 Å². The third-order valence-corrected chi connectivity index (χ3v) is 5.41. The van der Waals surface area contributed by atoms with Crippen LogP contribution in [0.3, 0.4) is 0 Å². The van der Waals surface area contributed by atoms with Crippen molar-refractivity contribution < 1.29 is 4.42 Å². The number of aromatic nitrogens is 2. The number of fused-ring (bicyclic) bond motifs is 1. The van der Waals surface area contributed by atoms with E-state index < -0.39 is 0 Å².